The number of alkyl halides is 3. The van der Waals surface area contributed by atoms with Gasteiger partial charge in [-0.2, -0.15) is 13.2 Å². The fraction of sp³-hybridized carbons (Fsp3) is 0.286. The van der Waals surface area contributed by atoms with Crippen LogP contribution in [0.1, 0.15) is 11.3 Å². The van der Waals surface area contributed by atoms with E-state index in [-0.39, 0.29) is 12.3 Å². The van der Waals surface area contributed by atoms with Crippen molar-refractivity contribution < 1.29 is 18.3 Å². The third-order valence-electron chi connectivity index (χ3n) is 2.90. The SMILES string of the molecule is OCCNCc1cccn1-c1ccccc1C(F)(F)F. The van der Waals surface area contributed by atoms with Gasteiger partial charge >= 0.3 is 6.18 Å². The molecule has 0 amide bonds. The van der Waals surface area contributed by atoms with Gasteiger partial charge in [-0.15, -0.1) is 0 Å². The van der Waals surface area contributed by atoms with Crippen molar-refractivity contribution in [1.82, 2.24) is 9.88 Å². The number of hydrogen-bond donors (Lipinski definition) is 2. The van der Waals surface area contributed by atoms with Crippen LogP contribution in [0.2, 0.25) is 0 Å². The minimum Gasteiger partial charge on any atom is -0.395 e. The molecule has 2 aromatic rings. The van der Waals surface area contributed by atoms with Gasteiger partial charge in [-0.1, -0.05) is 12.1 Å². The van der Waals surface area contributed by atoms with Crippen LogP contribution in [0.15, 0.2) is 42.6 Å². The van der Waals surface area contributed by atoms with E-state index in [9.17, 15) is 13.2 Å². The van der Waals surface area contributed by atoms with E-state index in [0.717, 1.165) is 6.07 Å². The van der Waals surface area contributed by atoms with Gasteiger partial charge in [0.2, 0.25) is 0 Å². The van der Waals surface area contributed by atoms with Crippen LogP contribution in [0.25, 0.3) is 5.69 Å². The highest BCUT2D eigenvalue weighted by Crippen LogP contribution is 2.34. The van der Waals surface area contributed by atoms with Crippen molar-refractivity contribution in [3.63, 3.8) is 0 Å². The Bertz CT molecular complexity index is 564. The van der Waals surface area contributed by atoms with Crippen LogP contribution in [0, 0.1) is 0 Å². The number of rotatable bonds is 5. The molecule has 1 heterocycles. The number of nitrogens with one attached hydrogen (secondary N) is 1. The maximum atomic E-state index is 13.0. The third kappa shape index (κ3) is 3.20. The normalized spacial score (nSPS) is 11.8. The monoisotopic (exact) mass is 284 g/mol. The number of hydrogen-bond acceptors (Lipinski definition) is 2. The van der Waals surface area contributed by atoms with Gasteiger partial charge in [-0.05, 0) is 24.3 Å². The molecule has 6 heteroatoms. The highest BCUT2D eigenvalue weighted by molar-refractivity contribution is 5.44. The molecule has 0 bridgehead atoms. The van der Waals surface area contributed by atoms with Crippen LogP contribution in [0.4, 0.5) is 13.2 Å². The quantitative estimate of drug-likeness (QED) is 0.828. The summed E-state index contributed by atoms with van der Waals surface area (Å²) in [5, 5.41) is 11.7. The summed E-state index contributed by atoms with van der Waals surface area (Å²) in [6.45, 7) is 0.770. The van der Waals surface area contributed by atoms with Crippen LogP contribution in [0.3, 0.4) is 0 Å². The Hall–Kier alpha value is -1.79. The van der Waals surface area contributed by atoms with Gasteiger partial charge in [0, 0.05) is 25.0 Å². The number of aliphatic hydroxyl groups is 1. The molecule has 0 aliphatic rings. The van der Waals surface area contributed by atoms with E-state index in [1.54, 1.807) is 24.4 Å². The summed E-state index contributed by atoms with van der Waals surface area (Å²) in [5.41, 5.74) is 0.139. The van der Waals surface area contributed by atoms with Crippen LogP contribution in [-0.2, 0) is 12.7 Å². The minimum atomic E-state index is -4.39. The highest BCUT2D eigenvalue weighted by Gasteiger charge is 2.33. The van der Waals surface area contributed by atoms with Crippen molar-refractivity contribution in [2.75, 3.05) is 13.2 Å². The molecule has 0 atom stereocenters. The van der Waals surface area contributed by atoms with Gasteiger partial charge in [0.25, 0.3) is 0 Å². The fourth-order valence-electron chi connectivity index (χ4n) is 2.01. The molecule has 0 spiro atoms. The van der Waals surface area contributed by atoms with E-state index in [1.807, 2.05) is 0 Å². The predicted molar refractivity (Wildman–Crippen MR) is 69.6 cm³/mol. The molecule has 2 rings (SSSR count). The zero-order chi connectivity index (χ0) is 14.6. The minimum absolute atomic E-state index is 0.0140. The van der Waals surface area contributed by atoms with Crippen molar-refractivity contribution in [1.29, 1.82) is 0 Å². The zero-order valence-electron chi connectivity index (χ0n) is 10.7. The molecule has 0 aliphatic heterocycles. The van der Waals surface area contributed by atoms with E-state index >= 15 is 0 Å². The molecule has 0 unspecified atom stereocenters. The van der Waals surface area contributed by atoms with E-state index in [0.29, 0.717) is 18.8 Å². The lowest BCUT2D eigenvalue weighted by atomic mass is 10.1. The number of para-hydroxylation sites is 1. The average Bonchev–Trinajstić information content (AvgIpc) is 2.86. The lowest BCUT2D eigenvalue weighted by Gasteiger charge is -2.16. The first-order valence-corrected chi connectivity index (χ1v) is 6.18. The van der Waals surface area contributed by atoms with E-state index < -0.39 is 11.7 Å². The molecule has 0 saturated carbocycles. The molecular formula is C14H15F3N2O. The molecular weight excluding hydrogens is 269 g/mol. The molecule has 0 saturated heterocycles. The van der Waals surface area contributed by atoms with Gasteiger partial charge in [0.05, 0.1) is 17.9 Å². The van der Waals surface area contributed by atoms with Gasteiger partial charge < -0.3 is 15.0 Å². The number of nitrogens with zero attached hydrogens (tertiary/aromatic N) is 1. The van der Waals surface area contributed by atoms with Crippen molar-refractivity contribution in [2.45, 2.75) is 12.7 Å². The van der Waals surface area contributed by atoms with E-state index in [4.69, 9.17) is 5.11 Å². The topological polar surface area (TPSA) is 37.2 Å². The number of aliphatic hydroxyl groups excluding tert-OH is 1. The molecule has 0 fully saturated rings. The second kappa shape index (κ2) is 6.11. The Morgan fingerprint density at radius 1 is 1.10 bits per heavy atom. The van der Waals surface area contributed by atoms with Gasteiger partial charge in [0.1, 0.15) is 0 Å². The third-order valence-corrected chi connectivity index (χ3v) is 2.90. The molecule has 3 nitrogen and oxygen atoms in total. The van der Waals surface area contributed by atoms with Crippen LogP contribution >= 0.6 is 0 Å². The summed E-state index contributed by atoms with van der Waals surface area (Å²) in [6.07, 6.45) is -2.79. The summed E-state index contributed by atoms with van der Waals surface area (Å²) < 4.78 is 40.6. The van der Waals surface area contributed by atoms with Crippen LogP contribution < -0.4 is 5.32 Å². The maximum absolute atomic E-state index is 13.0. The molecule has 1 aromatic heterocycles. The Morgan fingerprint density at radius 3 is 2.55 bits per heavy atom. The first-order valence-electron chi connectivity index (χ1n) is 6.18. The average molecular weight is 284 g/mol. The molecule has 108 valence electrons. The van der Waals surface area contributed by atoms with Crippen molar-refractivity contribution >= 4 is 0 Å². The first kappa shape index (κ1) is 14.6. The van der Waals surface area contributed by atoms with E-state index in [1.165, 1.54) is 16.7 Å². The second-order valence-electron chi connectivity index (χ2n) is 4.28. The number of aromatic nitrogens is 1. The first-order chi connectivity index (χ1) is 9.54. The van der Waals surface area contributed by atoms with Crippen molar-refractivity contribution in [3.05, 3.63) is 53.9 Å². The summed E-state index contributed by atoms with van der Waals surface area (Å²) in [5.74, 6) is 0. The molecule has 2 N–H and O–H groups in total. The van der Waals surface area contributed by atoms with Gasteiger partial charge in [-0.3, -0.25) is 0 Å². The summed E-state index contributed by atoms with van der Waals surface area (Å²) in [6, 6.07) is 8.91. The lowest BCUT2D eigenvalue weighted by molar-refractivity contribution is -0.137. The standard InChI is InChI=1S/C14H15F3N2O/c15-14(16,17)12-5-1-2-6-13(12)19-8-3-4-11(19)10-18-7-9-20/h1-6,8,18,20H,7,9-10H2. The maximum Gasteiger partial charge on any atom is 0.418 e. The molecule has 20 heavy (non-hydrogen) atoms. The zero-order valence-corrected chi connectivity index (χ0v) is 10.7. The van der Waals surface area contributed by atoms with Crippen LogP contribution in [-0.4, -0.2) is 22.8 Å². The largest absolute Gasteiger partial charge is 0.418 e. The Balaban J connectivity index is 2.35. The summed E-state index contributed by atoms with van der Waals surface area (Å²) in [4.78, 5) is 0. The van der Waals surface area contributed by atoms with Gasteiger partial charge in [-0.25, -0.2) is 0 Å². The molecule has 0 radical (unpaired) electrons. The fourth-order valence-corrected chi connectivity index (χ4v) is 2.01. The summed E-state index contributed by atoms with van der Waals surface area (Å²) in [7, 11) is 0. The Labute approximate surface area is 114 Å². The Morgan fingerprint density at radius 2 is 1.85 bits per heavy atom. The number of halogens is 3. The molecule has 0 aliphatic carbocycles. The van der Waals surface area contributed by atoms with Crippen LogP contribution in [0.5, 0.6) is 0 Å². The number of benzene rings is 1. The van der Waals surface area contributed by atoms with Gasteiger partial charge in [0.15, 0.2) is 0 Å². The van der Waals surface area contributed by atoms with E-state index in [2.05, 4.69) is 5.32 Å². The molecule has 1 aromatic carbocycles. The summed E-state index contributed by atoms with van der Waals surface area (Å²) >= 11 is 0. The lowest BCUT2D eigenvalue weighted by Crippen LogP contribution is -2.20. The predicted octanol–water partition coefficient (Wildman–Crippen LogP) is 2.58. The highest BCUT2D eigenvalue weighted by atomic mass is 19.4. The van der Waals surface area contributed by atoms with Crippen molar-refractivity contribution in [2.24, 2.45) is 0 Å². The second-order valence-corrected chi connectivity index (χ2v) is 4.28. The van der Waals surface area contributed by atoms with Crippen molar-refractivity contribution in [3.8, 4) is 5.69 Å². The smallest absolute Gasteiger partial charge is 0.395 e. The Kier molecular flexibility index (Phi) is 4.46.